The van der Waals surface area contributed by atoms with Crippen molar-refractivity contribution in [3.63, 3.8) is 0 Å². The van der Waals surface area contributed by atoms with Crippen LogP contribution in [0, 0.1) is 18.7 Å². The minimum absolute atomic E-state index is 0.0170. The molecule has 2 N–H and O–H groups in total. The van der Waals surface area contributed by atoms with Gasteiger partial charge in [-0.25, -0.2) is 22.3 Å². The Labute approximate surface area is 142 Å². The van der Waals surface area contributed by atoms with E-state index in [0.29, 0.717) is 12.0 Å². The molecule has 1 rings (SSSR count). The van der Waals surface area contributed by atoms with Gasteiger partial charge in [-0.15, -0.1) is 0 Å². The average molecular weight is 360 g/mol. The van der Waals surface area contributed by atoms with Crippen molar-refractivity contribution in [1.82, 2.24) is 10.0 Å². The average Bonchev–Trinajstić information content (AvgIpc) is 2.44. The first-order valence-electron chi connectivity index (χ1n) is 7.84. The molecule has 0 aliphatic carbocycles. The van der Waals surface area contributed by atoms with E-state index >= 15 is 0 Å². The third-order valence-corrected chi connectivity index (χ3v) is 4.88. The molecule has 0 aliphatic rings. The Hall–Kier alpha value is -1.67. The molecule has 8 heteroatoms. The second-order valence-electron chi connectivity index (χ2n) is 5.95. The van der Waals surface area contributed by atoms with Crippen molar-refractivity contribution < 1.29 is 22.3 Å². The molecular formula is C16H25FN2O4S. The van der Waals surface area contributed by atoms with Crippen molar-refractivity contribution in [2.75, 3.05) is 13.2 Å². The van der Waals surface area contributed by atoms with Crippen molar-refractivity contribution in [1.29, 1.82) is 0 Å². The van der Waals surface area contributed by atoms with Crippen LogP contribution in [0.4, 0.5) is 9.18 Å². The molecule has 6 nitrogen and oxygen atoms in total. The predicted molar refractivity (Wildman–Crippen MR) is 89.7 cm³/mol. The first-order valence-corrected chi connectivity index (χ1v) is 9.33. The first-order chi connectivity index (χ1) is 11.2. The molecule has 0 fully saturated rings. The Morgan fingerprint density at radius 2 is 2.00 bits per heavy atom. The zero-order valence-electron chi connectivity index (χ0n) is 14.4. The van der Waals surface area contributed by atoms with Gasteiger partial charge in [-0.05, 0) is 49.9 Å². The Kier molecular flexibility index (Phi) is 7.62. The van der Waals surface area contributed by atoms with Gasteiger partial charge in [-0.1, -0.05) is 13.8 Å². The minimum atomic E-state index is -3.80. The number of rotatable bonds is 8. The van der Waals surface area contributed by atoms with E-state index in [9.17, 15) is 17.6 Å². The number of alkyl carbamates (subject to hydrolysis) is 1. The van der Waals surface area contributed by atoms with E-state index in [-0.39, 0.29) is 24.0 Å². The van der Waals surface area contributed by atoms with Crippen LogP contribution in [0.2, 0.25) is 0 Å². The van der Waals surface area contributed by atoms with Gasteiger partial charge in [0.15, 0.2) is 0 Å². The van der Waals surface area contributed by atoms with Gasteiger partial charge < -0.3 is 10.1 Å². The smallest absolute Gasteiger partial charge is 0.407 e. The van der Waals surface area contributed by atoms with E-state index in [1.54, 1.807) is 6.92 Å². The molecule has 1 unspecified atom stereocenters. The number of nitrogens with one attached hydrogen (secondary N) is 2. The number of sulfonamides is 1. The van der Waals surface area contributed by atoms with E-state index in [1.807, 2.05) is 13.8 Å². The number of aryl methyl sites for hydroxylation is 1. The third kappa shape index (κ3) is 6.45. The van der Waals surface area contributed by atoms with E-state index < -0.39 is 28.0 Å². The van der Waals surface area contributed by atoms with Gasteiger partial charge in [-0.3, -0.25) is 0 Å². The lowest BCUT2D eigenvalue weighted by Gasteiger charge is -2.21. The fraction of sp³-hybridized carbons (Fsp3) is 0.562. The lowest BCUT2D eigenvalue weighted by Crippen LogP contribution is -2.44. The summed E-state index contributed by atoms with van der Waals surface area (Å²) in [6.07, 6.45) is 0.00399. The molecule has 0 saturated heterocycles. The Balaban J connectivity index is 2.81. The highest BCUT2D eigenvalue weighted by molar-refractivity contribution is 7.89. The van der Waals surface area contributed by atoms with Gasteiger partial charge in [0.2, 0.25) is 10.0 Å². The fourth-order valence-corrected chi connectivity index (χ4v) is 3.61. The van der Waals surface area contributed by atoms with Crippen molar-refractivity contribution in [2.45, 2.75) is 45.1 Å². The predicted octanol–water partition coefficient (Wildman–Crippen LogP) is 2.57. The number of halogens is 1. The standard InChI is InChI=1S/C16H25FN2O4S/c1-5-23-16(20)19-14(8-11(2)3)10-18-24(21,22)15-7-6-13(17)9-12(15)4/h6-7,9,11,14,18H,5,8,10H2,1-4H3,(H,19,20). The molecule has 1 atom stereocenters. The molecule has 0 aliphatic heterocycles. The van der Waals surface area contributed by atoms with Crippen LogP contribution in [-0.2, 0) is 14.8 Å². The van der Waals surface area contributed by atoms with Crippen molar-refractivity contribution in [2.24, 2.45) is 5.92 Å². The Morgan fingerprint density at radius 3 is 2.54 bits per heavy atom. The quantitative estimate of drug-likeness (QED) is 0.746. The minimum Gasteiger partial charge on any atom is -0.450 e. The number of carbonyl (C=O) groups excluding carboxylic acids is 1. The van der Waals surface area contributed by atoms with E-state index in [2.05, 4.69) is 10.0 Å². The Morgan fingerprint density at radius 1 is 1.33 bits per heavy atom. The van der Waals surface area contributed by atoms with Crippen LogP contribution in [0.3, 0.4) is 0 Å². The van der Waals surface area contributed by atoms with Crippen LogP contribution in [0.25, 0.3) is 0 Å². The van der Waals surface area contributed by atoms with Crippen LogP contribution in [0.1, 0.15) is 32.8 Å². The topological polar surface area (TPSA) is 84.5 Å². The molecule has 136 valence electrons. The number of hydrogen-bond acceptors (Lipinski definition) is 4. The normalized spacial score (nSPS) is 12.9. The molecule has 0 spiro atoms. The third-order valence-electron chi connectivity index (χ3n) is 3.30. The van der Waals surface area contributed by atoms with Crippen LogP contribution in [-0.4, -0.2) is 33.7 Å². The molecule has 1 amide bonds. The van der Waals surface area contributed by atoms with Crippen LogP contribution in [0.15, 0.2) is 23.1 Å². The van der Waals surface area contributed by atoms with Crippen molar-refractivity contribution >= 4 is 16.1 Å². The summed E-state index contributed by atoms with van der Waals surface area (Å²) in [5, 5.41) is 2.65. The van der Waals surface area contributed by atoms with E-state index in [4.69, 9.17) is 4.74 Å². The molecule has 0 saturated carbocycles. The van der Waals surface area contributed by atoms with E-state index in [0.717, 1.165) is 12.1 Å². The van der Waals surface area contributed by atoms with Gasteiger partial charge in [0.05, 0.1) is 11.5 Å². The first kappa shape index (κ1) is 20.4. The summed E-state index contributed by atoms with van der Waals surface area (Å²) in [4.78, 5) is 11.6. The lowest BCUT2D eigenvalue weighted by atomic mass is 10.0. The highest BCUT2D eigenvalue weighted by Crippen LogP contribution is 2.16. The zero-order chi connectivity index (χ0) is 18.3. The summed E-state index contributed by atoms with van der Waals surface area (Å²) in [7, 11) is -3.80. The summed E-state index contributed by atoms with van der Waals surface area (Å²) in [6.45, 7) is 7.42. The number of ether oxygens (including phenoxy) is 1. The Bertz CT molecular complexity index is 662. The summed E-state index contributed by atoms with van der Waals surface area (Å²) >= 11 is 0. The van der Waals surface area contributed by atoms with Crippen molar-refractivity contribution in [3.05, 3.63) is 29.6 Å². The van der Waals surface area contributed by atoms with Crippen LogP contribution < -0.4 is 10.0 Å². The molecule has 0 heterocycles. The number of carbonyl (C=O) groups is 1. The maximum atomic E-state index is 13.1. The van der Waals surface area contributed by atoms with Crippen LogP contribution >= 0.6 is 0 Å². The summed E-state index contributed by atoms with van der Waals surface area (Å²) < 4.78 is 45.2. The number of amides is 1. The molecule has 0 aromatic heterocycles. The molecule has 1 aromatic rings. The molecular weight excluding hydrogens is 335 g/mol. The van der Waals surface area contributed by atoms with Crippen molar-refractivity contribution in [3.8, 4) is 0 Å². The van der Waals surface area contributed by atoms with E-state index in [1.165, 1.54) is 13.0 Å². The van der Waals surface area contributed by atoms with Gasteiger partial charge in [-0.2, -0.15) is 0 Å². The van der Waals surface area contributed by atoms with Gasteiger partial charge >= 0.3 is 6.09 Å². The second kappa shape index (κ2) is 8.98. The van der Waals surface area contributed by atoms with Crippen LogP contribution in [0.5, 0.6) is 0 Å². The lowest BCUT2D eigenvalue weighted by molar-refractivity contribution is 0.146. The molecule has 24 heavy (non-hydrogen) atoms. The van der Waals surface area contributed by atoms with Gasteiger partial charge in [0, 0.05) is 12.6 Å². The SMILES string of the molecule is CCOC(=O)NC(CNS(=O)(=O)c1ccc(F)cc1C)CC(C)C. The molecule has 0 bridgehead atoms. The zero-order valence-corrected chi connectivity index (χ0v) is 15.2. The highest BCUT2D eigenvalue weighted by atomic mass is 32.2. The second-order valence-corrected chi connectivity index (χ2v) is 7.69. The number of benzene rings is 1. The summed E-state index contributed by atoms with van der Waals surface area (Å²) in [5.41, 5.74) is 0.321. The largest absolute Gasteiger partial charge is 0.450 e. The summed E-state index contributed by atoms with van der Waals surface area (Å²) in [6, 6.07) is 3.09. The van der Waals surface area contributed by atoms with Gasteiger partial charge in [0.1, 0.15) is 5.82 Å². The maximum Gasteiger partial charge on any atom is 0.407 e. The highest BCUT2D eigenvalue weighted by Gasteiger charge is 2.21. The molecule has 1 aromatic carbocycles. The summed E-state index contributed by atoms with van der Waals surface area (Å²) in [5.74, 6) is -0.234. The monoisotopic (exact) mass is 360 g/mol. The fourth-order valence-electron chi connectivity index (χ4n) is 2.30. The van der Waals surface area contributed by atoms with Gasteiger partial charge in [0.25, 0.3) is 0 Å². The number of hydrogen-bond donors (Lipinski definition) is 2. The maximum absolute atomic E-state index is 13.1. The molecule has 0 radical (unpaired) electrons.